The van der Waals surface area contributed by atoms with E-state index in [1.54, 1.807) is 18.3 Å². The number of pyridine rings is 1. The zero-order valence-electron chi connectivity index (χ0n) is 19.0. The molecule has 2 aromatic rings. The molecule has 180 valence electrons. The number of alkyl halides is 3. The Morgan fingerprint density at radius 1 is 1.12 bits per heavy atom. The molecular weight excluding hydrogens is 441 g/mol. The van der Waals surface area contributed by atoms with Crippen LogP contribution in [0, 0.1) is 29.6 Å². The van der Waals surface area contributed by atoms with Crippen molar-refractivity contribution in [1.29, 1.82) is 0 Å². The van der Waals surface area contributed by atoms with Crippen LogP contribution in [-0.4, -0.2) is 23.1 Å². The highest BCUT2D eigenvalue weighted by molar-refractivity contribution is 5.75. The number of allylic oxidation sites excluding steroid dienone is 1. The van der Waals surface area contributed by atoms with Crippen molar-refractivity contribution in [3.63, 3.8) is 0 Å². The van der Waals surface area contributed by atoms with Crippen LogP contribution in [0.5, 0.6) is 0 Å². The maximum Gasteiger partial charge on any atom is 0.416 e. The summed E-state index contributed by atoms with van der Waals surface area (Å²) in [6.07, 6.45) is 5.12. The highest BCUT2D eigenvalue weighted by Crippen LogP contribution is 2.53. The number of esters is 1. The molecule has 1 aromatic heterocycles. The summed E-state index contributed by atoms with van der Waals surface area (Å²) in [5, 5.41) is 0. The van der Waals surface area contributed by atoms with Gasteiger partial charge in [0.15, 0.2) is 0 Å². The minimum absolute atomic E-state index is 0.0764. The van der Waals surface area contributed by atoms with Gasteiger partial charge in [0, 0.05) is 23.7 Å². The van der Waals surface area contributed by atoms with E-state index < -0.39 is 11.7 Å². The van der Waals surface area contributed by atoms with Crippen LogP contribution < -0.4 is 5.73 Å². The third-order valence-electron chi connectivity index (χ3n) is 7.99. The molecule has 2 aliphatic carbocycles. The van der Waals surface area contributed by atoms with E-state index >= 15 is 0 Å². The van der Waals surface area contributed by atoms with E-state index in [0.29, 0.717) is 23.0 Å². The van der Waals surface area contributed by atoms with Crippen LogP contribution in [0.1, 0.15) is 43.9 Å². The van der Waals surface area contributed by atoms with E-state index in [0.717, 1.165) is 43.5 Å². The Bertz CT molecular complexity index is 1080. The average Bonchev–Trinajstić information content (AvgIpc) is 3.09. The van der Waals surface area contributed by atoms with E-state index in [9.17, 15) is 18.0 Å². The number of carbonyl (C=O) groups is 1. The summed E-state index contributed by atoms with van der Waals surface area (Å²) in [5.74, 6) is 1.10. The molecule has 2 N–H and O–H groups in total. The van der Waals surface area contributed by atoms with Crippen molar-refractivity contribution < 1.29 is 22.7 Å². The Balaban J connectivity index is 1.38. The van der Waals surface area contributed by atoms with E-state index in [1.807, 2.05) is 19.1 Å². The Labute approximate surface area is 197 Å². The summed E-state index contributed by atoms with van der Waals surface area (Å²) in [5.41, 5.74) is 7.41. The van der Waals surface area contributed by atoms with E-state index in [-0.39, 0.29) is 35.9 Å². The lowest BCUT2D eigenvalue weighted by Crippen LogP contribution is -2.46. The first-order chi connectivity index (χ1) is 16.2. The van der Waals surface area contributed by atoms with Crippen molar-refractivity contribution in [2.75, 3.05) is 0 Å². The minimum atomic E-state index is -4.38. The molecule has 2 saturated carbocycles. The van der Waals surface area contributed by atoms with Crippen molar-refractivity contribution in [3.8, 4) is 11.1 Å². The largest absolute Gasteiger partial charge is 0.462 e. The summed E-state index contributed by atoms with van der Waals surface area (Å²) < 4.78 is 44.8. The minimum Gasteiger partial charge on any atom is -0.462 e. The molecule has 5 rings (SSSR count). The summed E-state index contributed by atoms with van der Waals surface area (Å²) in [6, 6.07) is 9.07. The summed E-state index contributed by atoms with van der Waals surface area (Å²) in [4.78, 5) is 17.0. The molecule has 0 bridgehead atoms. The predicted molar refractivity (Wildman–Crippen MR) is 123 cm³/mol. The first kappa shape index (κ1) is 23.1. The first-order valence-electron chi connectivity index (χ1n) is 12.0. The van der Waals surface area contributed by atoms with Gasteiger partial charge in [-0.1, -0.05) is 24.3 Å². The van der Waals surface area contributed by atoms with Crippen LogP contribution in [0.25, 0.3) is 17.2 Å². The molecule has 4 nitrogen and oxygen atoms in total. The Kier molecular flexibility index (Phi) is 6.00. The molecule has 0 unspecified atom stereocenters. The number of rotatable bonds is 3. The zero-order valence-corrected chi connectivity index (χ0v) is 19.0. The predicted octanol–water partition coefficient (Wildman–Crippen LogP) is 5.72. The lowest BCUT2D eigenvalue weighted by Gasteiger charge is -2.47. The van der Waals surface area contributed by atoms with Gasteiger partial charge >= 0.3 is 12.1 Å². The van der Waals surface area contributed by atoms with Crippen LogP contribution in [0.15, 0.2) is 48.7 Å². The monoisotopic (exact) mass is 470 g/mol. The number of fused-ring (bicyclic) bond motifs is 2. The van der Waals surface area contributed by atoms with Gasteiger partial charge in [0.1, 0.15) is 6.10 Å². The van der Waals surface area contributed by atoms with Gasteiger partial charge in [-0.3, -0.25) is 9.78 Å². The fraction of sp³-hybridized carbons (Fsp3) is 0.481. The second-order valence-electron chi connectivity index (χ2n) is 10.0. The molecule has 3 aliphatic rings. The molecule has 0 spiro atoms. The van der Waals surface area contributed by atoms with E-state index in [2.05, 4.69) is 11.1 Å². The van der Waals surface area contributed by atoms with Gasteiger partial charge in [0.25, 0.3) is 0 Å². The summed E-state index contributed by atoms with van der Waals surface area (Å²) >= 11 is 0. The SMILES string of the molecule is C[C@H]1OC(=O)[C@@H]2C[C@@H]3C[C@H](N)CC[C@H]3[C@H](C=Cc3ccc(-c4cccc(C(F)(F)F)c4)cn3)[C@H]12. The van der Waals surface area contributed by atoms with Crippen molar-refractivity contribution in [1.82, 2.24) is 4.98 Å². The number of nitrogens with two attached hydrogens (primary N) is 1. The molecule has 7 atom stereocenters. The Morgan fingerprint density at radius 3 is 2.68 bits per heavy atom. The van der Waals surface area contributed by atoms with Gasteiger partial charge in [-0.25, -0.2) is 0 Å². The van der Waals surface area contributed by atoms with Crippen LogP contribution in [0.3, 0.4) is 0 Å². The van der Waals surface area contributed by atoms with E-state index in [1.165, 1.54) is 6.07 Å². The number of cyclic esters (lactones) is 1. The molecule has 2 heterocycles. The number of carbonyl (C=O) groups excluding carboxylic acids is 1. The molecule has 1 aromatic carbocycles. The molecule has 1 saturated heterocycles. The highest BCUT2D eigenvalue weighted by Gasteiger charge is 2.54. The second-order valence-corrected chi connectivity index (χ2v) is 10.0. The molecule has 1 aliphatic heterocycles. The third kappa shape index (κ3) is 4.38. The summed E-state index contributed by atoms with van der Waals surface area (Å²) in [7, 11) is 0. The van der Waals surface area contributed by atoms with Crippen LogP contribution in [0.4, 0.5) is 13.2 Å². The standard InChI is InChI=1S/C27H29F3N2O2/c1-15-25-23(22-9-6-20(31)12-18(22)13-24(25)26(33)34-15)10-8-21-7-5-17(14-32-21)16-3-2-4-19(11-16)27(28,29)30/h2-5,7-8,10-11,14-15,18,20,22-25H,6,9,12-13,31H2,1H3/t15-,18+,20-,22-,23+,24-,25+/m1/s1. The average molecular weight is 471 g/mol. The van der Waals surface area contributed by atoms with Gasteiger partial charge in [-0.15, -0.1) is 0 Å². The molecule has 34 heavy (non-hydrogen) atoms. The first-order valence-corrected chi connectivity index (χ1v) is 12.0. The van der Waals surface area contributed by atoms with Crippen molar-refractivity contribution in [3.05, 3.63) is 59.9 Å². The molecule has 7 heteroatoms. The van der Waals surface area contributed by atoms with Crippen molar-refractivity contribution >= 4 is 12.0 Å². The maximum atomic E-state index is 13.0. The number of aromatic nitrogens is 1. The van der Waals surface area contributed by atoms with Crippen LogP contribution in [-0.2, 0) is 15.7 Å². The normalized spacial score (nSPS) is 33.4. The molecule has 3 fully saturated rings. The zero-order chi connectivity index (χ0) is 24.0. The molecular formula is C27H29F3N2O2. The number of hydrogen-bond donors (Lipinski definition) is 1. The molecule has 0 amide bonds. The fourth-order valence-corrected chi connectivity index (χ4v) is 6.41. The third-order valence-corrected chi connectivity index (χ3v) is 7.99. The van der Waals surface area contributed by atoms with E-state index in [4.69, 9.17) is 10.5 Å². The second kappa shape index (κ2) is 8.84. The van der Waals surface area contributed by atoms with Crippen molar-refractivity contribution in [2.24, 2.45) is 35.3 Å². The van der Waals surface area contributed by atoms with Crippen LogP contribution in [0.2, 0.25) is 0 Å². The summed E-state index contributed by atoms with van der Waals surface area (Å²) in [6.45, 7) is 1.99. The van der Waals surface area contributed by atoms with Gasteiger partial charge in [-0.05, 0) is 80.2 Å². The number of ether oxygens (including phenoxy) is 1. The quantitative estimate of drug-likeness (QED) is 0.583. The van der Waals surface area contributed by atoms with Gasteiger partial charge < -0.3 is 10.5 Å². The number of hydrogen-bond acceptors (Lipinski definition) is 4. The number of nitrogens with zero attached hydrogens (tertiary/aromatic N) is 1. The Morgan fingerprint density at radius 2 is 1.94 bits per heavy atom. The van der Waals surface area contributed by atoms with Gasteiger partial charge in [-0.2, -0.15) is 13.2 Å². The lowest BCUT2D eigenvalue weighted by atomic mass is 9.57. The highest BCUT2D eigenvalue weighted by atomic mass is 19.4. The number of halogens is 3. The van der Waals surface area contributed by atoms with Crippen LogP contribution >= 0.6 is 0 Å². The topological polar surface area (TPSA) is 65.2 Å². The molecule has 0 radical (unpaired) electrons. The lowest BCUT2D eigenvalue weighted by molar-refractivity contribution is -0.144. The van der Waals surface area contributed by atoms with Crippen molar-refractivity contribution in [2.45, 2.75) is 50.9 Å². The number of benzene rings is 1. The Hall–Kier alpha value is -2.67. The maximum absolute atomic E-state index is 13.0. The fourth-order valence-electron chi connectivity index (χ4n) is 6.41. The van der Waals surface area contributed by atoms with Gasteiger partial charge in [0.05, 0.1) is 17.2 Å². The van der Waals surface area contributed by atoms with Gasteiger partial charge in [0.2, 0.25) is 0 Å². The smallest absolute Gasteiger partial charge is 0.416 e.